The highest BCUT2D eigenvalue weighted by Gasteiger charge is 2.60. The summed E-state index contributed by atoms with van der Waals surface area (Å²) in [6.45, 7) is 0. The molecule has 0 atom stereocenters. The molecule has 0 aliphatic rings. The minimum atomic E-state index is -5.37. The number of hydrogen-bond acceptors (Lipinski definition) is 2. The quantitative estimate of drug-likeness (QED) is 0.414. The summed E-state index contributed by atoms with van der Waals surface area (Å²) in [5, 5.41) is 0.580. The summed E-state index contributed by atoms with van der Waals surface area (Å²) in [4.78, 5) is 37.1. The summed E-state index contributed by atoms with van der Waals surface area (Å²) < 4.78 is 24.7. The van der Waals surface area contributed by atoms with Crippen LogP contribution >= 0.6 is 61.6 Å². The fourth-order valence-corrected chi connectivity index (χ4v) is 6.40. The molecular formula is C15H14Cl4O6P2. The Morgan fingerprint density at radius 3 is 1.30 bits per heavy atom. The lowest BCUT2D eigenvalue weighted by molar-refractivity contribution is 0.304. The summed E-state index contributed by atoms with van der Waals surface area (Å²) in [6.07, 6.45) is -1.40. The second kappa shape index (κ2) is 8.33. The van der Waals surface area contributed by atoms with Crippen LogP contribution in [0.4, 0.5) is 0 Å². The van der Waals surface area contributed by atoms with E-state index in [0.29, 0.717) is 0 Å². The molecule has 2 aromatic rings. The molecule has 0 saturated heterocycles. The molecule has 0 amide bonds. The molecule has 0 saturated carbocycles. The van der Waals surface area contributed by atoms with Gasteiger partial charge in [-0.1, -0.05) is 58.5 Å². The lowest BCUT2D eigenvalue weighted by Gasteiger charge is -2.35. The van der Waals surface area contributed by atoms with Crippen molar-refractivity contribution in [3.05, 3.63) is 67.6 Å². The van der Waals surface area contributed by atoms with Gasteiger partial charge in [-0.05, 0) is 35.4 Å². The number of benzene rings is 2. The summed E-state index contributed by atoms with van der Waals surface area (Å²) in [7, 11) is -10.7. The predicted octanol–water partition coefficient (Wildman–Crippen LogP) is 5.14. The number of rotatable bonds is 6. The van der Waals surface area contributed by atoms with Gasteiger partial charge in [0.2, 0.25) is 0 Å². The molecule has 0 aromatic heterocycles. The van der Waals surface area contributed by atoms with Gasteiger partial charge >= 0.3 is 15.2 Å². The van der Waals surface area contributed by atoms with Gasteiger partial charge in [-0.3, -0.25) is 9.13 Å². The first kappa shape index (κ1) is 23.2. The number of hydrogen-bond donors (Lipinski definition) is 4. The van der Waals surface area contributed by atoms with Gasteiger partial charge in [0.15, 0.2) is 4.90 Å². The Balaban J connectivity index is 2.67. The summed E-state index contributed by atoms with van der Waals surface area (Å²) >= 11 is 23.7. The van der Waals surface area contributed by atoms with Crippen LogP contribution in [-0.2, 0) is 22.0 Å². The topological polar surface area (TPSA) is 115 Å². The maximum absolute atomic E-state index is 12.3. The average molecular weight is 494 g/mol. The van der Waals surface area contributed by atoms with E-state index in [1.54, 1.807) is 0 Å². The molecule has 2 aromatic carbocycles. The Bertz CT molecular complexity index is 878. The van der Waals surface area contributed by atoms with Crippen LogP contribution in [0.15, 0.2) is 36.4 Å². The zero-order valence-electron chi connectivity index (χ0n) is 13.4. The highest BCUT2D eigenvalue weighted by molar-refractivity contribution is 7.72. The van der Waals surface area contributed by atoms with E-state index >= 15 is 0 Å². The van der Waals surface area contributed by atoms with Crippen molar-refractivity contribution in [3.8, 4) is 0 Å². The normalized spacial score (nSPS) is 13.0. The number of halogens is 4. The maximum atomic E-state index is 12.3. The molecule has 0 radical (unpaired) electrons. The highest BCUT2D eigenvalue weighted by atomic mass is 35.5. The molecule has 0 aliphatic carbocycles. The lowest BCUT2D eigenvalue weighted by Crippen LogP contribution is -2.34. The van der Waals surface area contributed by atoms with E-state index in [1.807, 2.05) is 0 Å². The van der Waals surface area contributed by atoms with Gasteiger partial charge in [0.05, 0.1) is 0 Å². The minimum Gasteiger partial charge on any atom is -0.324 e. The van der Waals surface area contributed by atoms with E-state index < -0.39 is 32.9 Å². The Morgan fingerprint density at radius 2 is 1.04 bits per heavy atom. The molecule has 0 fully saturated rings. The Kier molecular flexibility index (Phi) is 7.15. The van der Waals surface area contributed by atoms with E-state index in [1.165, 1.54) is 36.4 Å². The van der Waals surface area contributed by atoms with Gasteiger partial charge in [0, 0.05) is 32.9 Å². The molecule has 0 bridgehead atoms. The largest absolute Gasteiger partial charge is 0.344 e. The van der Waals surface area contributed by atoms with Crippen molar-refractivity contribution < 1.29 is 28.7 Å². The van der Waals surface area contributed by atoms with Crippen molar-refractivity contribution in [1.82, 2.24) is 0 Å². The molecular weight excluding hydrogens is 480 g/mol. The van der Waals surface area contributed by atoms with Crippen molar-refractivity contribution in [2.24, 2.45) is 0 Å². The van der Waals surface area contributed by atoms with E-state index in [9.17, 15) is 28.7 Å². The summed E-state index contributed by atoms with van der Waals surface area (Å²) in [5.74, 6) is 0. The molecule has 0 unspecified atom stereocenters. The van der Waals surface area contributed by atoms with Crippen LogP contribution < -0.4 is 0 Å². The maximum Gasteiger partial charge on any atom is 0.344 e. The van der Waals surface area contributed by atoms with Crippen LogP contribution in [0.5, 0.6) is 0 Å². The molecule has 148 valence electrons. The Morgan fingerprint density at radius 1 is 0.704 bits per heavy atom. The van der Waals surface area contributed by atoms with Gasteiger partial charge in [-0.2, -0.15) is 0 Å². The first-order valence-electron chi connectivity index (χ1n) is 7.26. The Labute approximate surface area is 175 Å². The van der Waals surface area contributed by atoms with Gasteiger partial charge in [0.25, 0.3) is 0 Å². The van der Waals surface area contributed by atoms with Crippen molar-refractivity contribution in [2.75, 3.05) is 0 Å². The lowest BCUT2D eigenvalue weighted by atomic mass is 10.0. The summed E-state index contributed by atoms with van der Waals surface area (Å²) in [6, 6.07) is 8.16. The van der Waals surface area contributed by atoms with Crippen molar-refractivity contribution in [3.63, 3.8) is 0 Å². The molecule has 0 aliphatic heterocycles. The SMILES string of the molecule is O=P(O)(O)C(Cc1ccc(Cl)cc1Cl)(Cc1ccc(Cl)cc1Cl)P(=O)(O)O. The van der Waals surface area contributed by atoms with Crippen molar-refractivity contribution >= 4 is 61.6 Å². The van der Waals surface area contributed by atoms with Crippen LogP contribution in [0.2, 0.25) is 20.1 Å². The fourth-order valence-electron chi connectivity index (χ4n) is 2.58. The molecule has 6 nitrogen and oxygen atoms in total. The van der Waals surface area contributed by atoms with Gasteiger partial charge in [-0.25, -0.2) is 0 Å². The molecule has 2 rings (SSSR count). The van der Waals surface area contributed by atoms with Crippen LogP contribution in [0.3, 0.4) is 0 Å². The van der Waals surface area contributed by atoms with E-state index in [4.69, 9.17) is 46.4 Å². The van der Waals surface area contributed by atoms with Crippen LogP contribution in [-0.4, -0.2) is 24.5 Å². The molecule has 4 N–H and O–H groups in total. The van der Waals surface area contributed by atoms with Gasteiger partial charge < -0.3 is 19.6 Å². The van der Waals surface area contributed by atoms with Gasteiger partial charge in [0.1, 0.15) is 0 Å². The summed E-state index contributed by atoms with van der Waals surface area (Å²) in [5.41, 5.74) is 0.246. The van der Waals surface area contributed by atoms with Crippen molar-refractivity contribution in [1.29, 1.82) is 0 Å². The first-order valence-corrected chi connectivity index (χ1v) is 12.0. The minimum absolute atomic E-state index is 0.0241. The zero-order valence-corrected chi connectivity index (χ0v) is 18.2. The monoisotopic (exact) mass is 492 g/mol. The molecule has 0 heterocycles. The predicted molar refractivity (Wildman–Crippen MR) is 107 cm³/mol. The van der Waals surface area contributed by atoms with Crippen LogP contribution in [0.1, 0.15) is 11.1 Å². The smallest absolute Gasteiger partial charge is 0.324 e. The highest BCUT2D eigenvalue weighted by Crippen LogP contribution is 2.71. The van der Waals surface area contributed by atoms with E-state index in [2.05, 4.69) is 0 Å². The van der Waals surface area contributed by atoms with E-state index in [0.717, 1.165) is 0 Å². The standard InChI is InChI=1S/C15H14Cl4O6P2/c16-11-3-1-9(13(18)5-11)7-15(26(20,21)22,27(23,24)25)8-10-2-4-12(17)6-14(10)19/h1-6H,7-8H2,(H2,20,21,22)(H2,23,24,25). The van der Waals surface area contributed by atoms with Gasteiger partial charge in [-0.15, -0.1) is 0 Å². The van der Waals surface area contributed by atoms with Crippen molar-refractivity contribution in [2.45, 2.75) is 17.7 Å². The third kappa shape index (κ3) is 5.09. The molecule has 12 heteroatoms. The van der Waals surface area contributed by atoms with Crippen LogP contribution in [0, 0.1) is 0 Å². The molecule has 27 heavy (non-hydrogen) atoms. The first-order chi connectivity index (χ1) is 12.3. The molecule has 0 spiro atoms. The van der Waals surface area contributed by atoms with Crippen LogP contribution in [0.25, 0.3) is 0 Å². The fraction of sp³-hybridized carbons (Fsp3) is 0.200. The zero-order chi connectivity index (χ0) is 20.6. The van der Waals surface area contributed by atoms with E-state index in [-0.39, 0.29) is 31.2 Å². The second-order valence-corrected chi connectivity index (χ2v) is 11.8. The third-order valence-corrected chi connectivity index (χ3v) is 9.60. The third-order valence-electron chi connectivity index (χ3n) is 4.06. The Hall–Kier alpha value is -0.100. The average Bonchev–Trinajstić information content (AvgIpc) is 2.49. The second-order valence-electron chi connectivity index (χ2n) is 5.90.